The zero-order chi connectivity index (χ0) is 15.7. The Balaban J connectivity index is 2.79. The standard InChI is InChI=1S/C16H31N3O/c1-11(2)16(8,20)10-17-12(3)14-9-19(15(5,6)7)18-13(14)4/h9,11-12,17,20H,10H2,1-8H3. The summed E-state index contributed by atoms with van der Waals surface area (Å²) in [6.07, 6.45) is 2.11. The first-order valence-corrected chi connectivity index (χ1v) is 7.47. The van der Waals surface area contributed by atoms with Gasteiger partial charge in [0.25, 0.3) is 0 Å². The fraction of sp³-hybridized carbons (Fsp3) is 0.812. The molecule has 2 atom stereocenters. The van der Waals surface area contributed by atoms with Gasteiger partial charge < -0.3 is 10.4 Å². The summed E-state index contributed by atoms with van der Waals surface area (Å²) in [5.41, 5.74) is 1.54. The van der Waals surface area contributed by atoms with Crippen molar-refractivity contribution in [2.45, 2.75) is 72.6 Å². The van der Waals surface area contributed by atoms with E-state index < -0.39 is 5.60 Å². The lowest BCUT2D eigenvalue weighted by atomic mass is 9.92. The Morgan fingerprint density at radius 2 is 1.80 bits per heavy atom. The summed E-state index contributed by atoms with van der Waals surface area (Å²) in [6, 6.07) is 0.177. The van der Waals surface area contributed by atoms with Crippen molar-refractivity contribution in [1.82, 2.24) is 15.1 Å². The van der Waals surface area contributed by atoms with E-state index >= 15 is 0 Å². The molecule has 0 spiro atoms. The molecule has 2 N–H and O–H groups in total. The molecule has 0 aromatic carbocycles. The molecule has 0 saturated carbocycles. The number of aliphatic hydroxyl groups is 1. The van der Waals surface area contributed by atoms with Crippen LogP contribution in [0.25, 0.3) is 0 Å². The summed E-state index contributed by atoms with van der Waals surface area (Å²) in [7, 11) is 0. The monoisotopic (exact) mass is 281 g/mol. The van der Waals surface area contributed by atoms with Crippen molar-refractivity contribution in [1.29, 1.82) is 0 Å². The van der Waals surface area contributed by atoms with Crippen molar-refractivity contribution >= 4 is 0 Å². The molecule has 0 aliphatic rings. The fourth-order valence-corrected chi connectivity index (χ4v) is 1.92. The van der Waals surface area contributed by atoms with Crippen LogP contribution in [-0.2, 0) is 5.54 Å². The van der Waals surface area contributed by atoms with Gasteiger partial charge in [-0.3, -0.25) is 4.68 Å². The number of rotatable bonds is 5. The van der Waals surface area contributed by atoms with Crippen LogP contribution in [0.4, 0.5) is 0 Å². The highest BCUT2D eigenvalue weighted by Gasteiger charge is 2.26. The molecule has 4 nitrogen and oxygen atoms in total. The first kappa shape index (κ1) is 17.2. The number of nitrogens with zero attached hydrogens (tertiary/aromatic N) is 2. The molecule has 0 amide bonds. The summed E-state index contributed by atoms with van der Waals surface area (Å²) in [5, 5.41) is 18.3. The second-order valence-electron chi connectivity index (χ2n) is 7.40. The lowest BCUT2D eigenvalue weighted by molar-refractivity contribution is 0.0122. The van der Waals surface area contributed by atoms with Crippen molar-refractivity contribution in [3.63, 3.8) is 0 Å². The maximum absolute atomic E-state index is 10.3. The minimum absolute atomic E-state index is 0.00778. The molecule has 0 aliphatic carbocycles. The normalized spacial score (nSPS) is 17.3. The van der Waals surface area contributed by atoms with Gasteiger partial charge in [-0.15, -0.1) is 0 Å². The van der Waals surface area contributed by atoms with Crippen LogP contribution in [0.3, 0.4) is 0 Å². The summed E-state index contributed by atoms with van der Waals surface area (Å²) in [4.78, 5) is 0. The second kappa shape index (κ2) is 5.86. The van der Waals surface area contributed by atoms with Gasteiger partial charge in [0.15, 0.2) is 0 Å². The van der Waals surface area contributed by atoms with Gasteiger partial charge in [-0.05, 0) is 47.5 Å². The summed E-state index contributed by atoms with van der Waals surface area (Å²) in [5.74, 6) is 0.223. The molecule has 0 bridgehead atoms. The van der Waals surface area contributed by atoms with Gasteiger partial charge >= 0.3 is 0 Å². The van der Waals surface area contributed by atoms with Gasteiger partial charge in [0, 0.05) is 24.3 Å². The number of aromatic nitrogens is 2. The van der Waals surface area contributed by atoms with Gasteiger partial charge in [-0.25, -0.2) is 0 Å². The topological polar surface area (TPSA) is 50.1 Å². The Morgan fingerprint density at radius 3 is 2.20 bits per heavy atom. The van der Waals surface area contributed by atoms with Crippen LogP contribution in [0, 0.1) is 12.8 Å². The van der Waals surface area contributed by atoms with E-state index in [4.69, 9.17) is 0 Å². The van der Waals surface area contributed by atoms with Crippen molar-refractivity contribution < 1.29 is 5.11 Å². The van der Waals surface area contributed by atoms with Crippen molar-refractivity contribution in [3.05, 3.63) is 17.5 Å². The lowest BCUT2D eigenvalue weighted by Gasteiger charge is -2.29. The quantitative estimate of drug-likeness (QED) is 0.872. The van der Waals surface area contributed by atoms with E-state index in [0.29, 0.717) is 6.54 Å². The molecule has 1 heterocycles. The van der Waals surface area contributed by atoms with E-state index in [0.717, 1.165) is 5.69 Å². The van der Waals surface area contributed by atoms with E-state index in [1.165, 1.54) is 5.56 Å². The summed E-state index contributed by atoms with van der Waals surface area (Å²) < 4.78 is 2.01. The molecule has 1 aromatic rings. The predicted octanol–water partition coefficient (Wildman–Crippen LogP) is 3.00. The number of hydrogen-bond donors (Lipinski definition) is 2. The smallest absolute Gasteiger partial charge is 0.0766 e. The molecule has 0 fully saturated rings. The summed E-state index contributed by atoms with van der Waals surface area (Å²) in [6.45, 7) is 17.1. The van der Waals surface area contributed by atoms with Crippen LogP contribution in [-0.4, -0.2) is 27.0 Å². The zero-order valence-electron chi connectivity index (χ0n) is 14.3. The van der Waals surface area contributed by atoms with Crippen LogP contribution in [0.2, 0.25) is 0 Å². The molecule has 1 aromatic heterocycles. The molecule has 0 aliphatic heterocycles. The molecule has 4 heteroatoms. The van der Waals surface area contributed by atoms with E-state index in [-0.39, 0.29) is 17.5 Å². The molecular weight excluding hydrogens is 250 g/mol. The third-order valence-electron chi connectivity index (χ3n) is 4.10. The van der Waals surface area contributed by atoms with E-state index in [9.17, 15) is 5.11 Å². The van der Waals surface area contributed by atoms with Crippen LogP contribution in [0.1, 0.15) is 65.8 Å². The molecule has 0 saturated heterocycles. The van der Waals surface area contributed by atoms with Crippen LogP contribution in [0.5, 0.6) is 0 Å². The van der Waals surface area contributed by atoms with Gasteiger partial charge in [-0.2, -0.15) is 5.10 Å². The minimum Gasteiger partial charge on any atom is -0.389 e. The minimum atomic E-state index is -0.692. The SMILES string of the molecule is Cc1nn(C(C)(C)C)cc1C(C)NCC(C)(O)C(C)C. The summed E-state index contributed by atoms with van der Waals surface area (Å²) >= 11 is 0. The third-order valence-corrected chi connectivity index (χ3v) is 4.10. The van der Waals surface area contributed by atoms with Crippen molar-refractivity contribution in [2.24, 2.45) is 5.92 Å². The van der Waals surface area contributed by atoms with E-state index in [1.807, 2.05) is 32.4 Å². The average Bonchev–Trinajstić information content (AvgIpc) is 2.68. The largest absolute Gasteiger partial charge is 0.389 e. The average molecular weight is 281 g/mol. The van der Waals surface area contributed by atoms with Gasteiger partial charge in [0.2, 0.25) is 0 Å². The molecule has 116 valence electrons. The van der Waals surface area contributed by atoms with Gasteiger partial charge in [0.1, 0.15) is 0 Å². The van der Waals surface area contributed by atoms with E-state index in [1.54, 1.807) is 0 Å². The molecule has 1 rings (SSSR count). The zero-order valence-corrected chi connectivity index (χ0v) is 14.3. The lowest BCUT2D eigenvalue weighted by Crippen LogP contribution is -2.43. The number of nitrogens with one attached hydrogen (secondary N) is 1. The van der Waals surface area contributed by atoms with Crippen LogP contribution >= 0.6 is 0 Å². The second-order valence-corrected chi connectivity index (χ2v) is 7.40. The van der Waals surface area contributed by atoms with Gasteiger partial charge in [0.05, 0.1) is 16.8 Å². The third kappa shape index (κ3) is 4.06. The highest BCUT2D eigenvalue weighted by atomic mass is 16.3. The highest BCUT2D eigenvalue weighted by Crippen LogP contribution is 2.22. The molecule has 2 unspecified atom stereocenters. The van der Waals surface area contributed by atoms with E-state index in [2.05, 4.69) is 44.3 Å². The Bertz CT molecular complexity index is 441. The van der Waals surface area contributed by atoms with Crippen molar-refractivity contribution in [3.8, 4) is 0 Å². The molecular formula is C16H31N3O. The molecule has 0 radical (unpaired) electrons. The number of aryl methyl sites for hydroxylation is 1. The fourth-order valence-electron chi connectivity index (χ4n) is 1.92. The first-order valence-electron chi connectivity index (χ1n) is 7.47. The van der Waals surface area contributed by atoms with Crippen molar-refractivity contribution in [2.75, 3.05) is 6.54 Å². The highest BCUT2D eigenvalue weighted by molar-refractivity contribution is 5.20. The maximum atomic E-state index is 10.3. The molecule has 20 heavy (non-hydrogen) atoms. The van der Waals surface area contributed by atoms with Gasteiger partial charge in [-0.1, -0.05) is 13.8 Å². The Morgan fingerprint density at radius 1 is 1.25 bits per heavy atom. The Kier molecular flexibility index (Phi) is 5.03. The number of hydrogen-bond acceptors (Lipinski definition) is 3. The van der Waals surface area contributed by atoms with Crippen LogP contribution in [0.15, 0.2) is 6.20 Å². The Labute approximate surface area is 123 Å². The Hall–Kier alpha value is -0.870. The van der Waals surface area contributed by atoms with Crippen LogP contribution < -0.4 is 5.32 Å². The predicted molar refractivity (Wildman–Crippen MR) is 83.8 cm³/mol. The first-order chi connectivity index (χ1) is 8.95. The maximum Gasteiger partial charge on any atom is 0.0766 e.